The molecule has 0 amide bonds. The number of carbonyl (C=O) groups excluding carboxylic acids is 2. The lowest BCUT2D eigenvalue weighted by molar-refractivity contribution is 0.0949. The Bertz CT molecular complexity index is 1890. The number of pyridine rings is 1. The first-order valence-electron chi connectivity index (χ1n) is 12.4. The highest BCUT2D eigenvalue weighted by molar-refractivity contribution is 7.16. The fourth-order valence-corrected chi connectivity index (χ4v) is 6.49. The lowest BCUT2D eigenvalue weighted by Crippen LogP contribution is -2.27. The van der Waals surface area contributed by atoms with Gasteiger partial charge in [0.2, 0.25) is 0 Å². The molecule has 0 fully saturated rings. The van der Waals surface area contributed by atoms with E-state index in [1.54, 1.807) is 42.6 Å². The van der Waals surface area contributed by atoms with Gasteiger partial charge in [-0.2, -0.15) is 9.78 Å². The van der Waals surface area contributed by atoms with Crippen LogP contribution in [0.3, 0.4) is 0 Å². The highest BCUT2D eigenvalue weighted by Gasteiger charge is 2.22. The van der Waals surface area contributed by atoms with E-state index in [-0.39, 0.29) is 23.8 Å². The number of benzene rings is 1. The van der Waals surface area contributed by atoms with Crippen LogP contribution in [0.15, 0.2) is 95.2 Å². The number of thiophene rings is 2. The van der Waals surface area contributed by atoms with Crippen molar-refractivity contribution >= 4 is 63.3 Å². The average Bonchev–Trinajstić information content (AvgIpc) is 3.81. The van der Waals surface area contributed by atoms with E-state index in [0.717, 1.165) is 22.0 Å². The maximum absolute atomic E-state index is 14.0. The third-order valence-corrected chi connectivity index (χ3v) is 9.12. The van der Waals surface area contributed by atoms with Gasteiger partial charge in [-0.15, -0.1) is 22.7 Å². The molecular weight excluding hydrogens is 598 g/mol. The van der Waals surface area contributed by atoms with Crippen LogP contribution >= 0.6 is 45.8 Å². The Morgan fingerprint density at radius 2 is 1.80 bits per heavy atom. The zero-order chi connectivity index (χ0) is 28.3. The maximum Gasteiger partial charge on any atom is 0.290 e. The van der Waals surface area contributed by atoms with Gasteiger partial charge in [0.15, 0.2) is 5.78 Å². The van der Waals surface area contributed by atoms with E-state index in [1.807, 2.05) is 47.8 Å². The Labute approximate surface area is 251 Å². The number of nitrogens with one attached hydrogen (secondary N) is 1. The Morgan fingerprint density at radius 1 is 0.951 bits per heavy atom. The number of halogens is 1. The second kappa shape index (κ2) is 11.8. The Morgan fingerprint density at radius 3 is 2.51 bits per heavy atom. The van der Waals surface area contributed by atoms with Crippen molar-refractivity contribution in [1.82, 2.24) is 18.7 Å². The summed E-state index contributed by atoms with van der Waals surface area (Å²) in [5, 5.41) is 9.65. The van der Waals surface area contributed by atoms with Crippen LogP contribution in [0, 0.1) is 0 Å². The molecule has 0 radical (unpaired) electrons. The summed E-state index contributed by atoms with van der Waals surface area (Å²) in [6.07, 6.45) is 1.56. The van der Waals surface area contributed by atoms with Crippen LogP contribution in [0.4, 0.5) is 5.82 Å². The van der Waals surface area contributed by atoms with E-state index in [0.29, 0.717) is 37.8 Å². The number of ketones is 1. The fraction of sp³-hybridized carbons (Fsp3) is 0.0690. The molecule has 5 aromatic heterocycles. The van der Waals surface area contributed by atoms with Gasteiger partial charge in [0.25, 0.3) is 11.5 Å². The molecule has 0 aliphatic heterocycles. The third-order valence-electron chi connectivity index (χ3n) is 6.24. The largest absolute Gasteiger partial charge is 0.365 e. The highest BCUT2D eigenvalue weighted by atomic mass is 35.5. The van der Waals surface area contributed by atoms with E-state index < -0.39 is 5.56 Å². The predicted molar refractivity (Wildman–Crippen MR) is 165 cm³/mol. The maximum atomic E-state index is 14.0. The molecule has 1 N–H and O–H groups in total. The molecule has 8 nitrogen and oxygen atoms in total. The monoisotopic (exact) mass is 617 g/mol. The zero-order valence-corrected chi connectivity index (χ0v) is 24.4. The van der Waals surface area contributed by atoms with Gasteiger partial charge in [0.05, 0.1) is 38.4 Å². The van der Waals surface area contributed by atoms with Crippen molar-refractivity contribution in [3.05, 3.63) is 120 Å². The van der Waals surface area contributed by atoms with Gasteiger partial charge < -0.3 is 5.32 Å². The summed E-state index contributed by atoms with van der Waals surface area (Å²) in [5.74, 6) is -0.111. The summed E-state index contributed by atoms with van der Waals surface area (Å²) in [7, 11) is 0. The molecule has 0 saturated carbocycles. The number of Topliss-reactive ketones (excluding diaryl/α,β-unsaturated/α-hetero) is 1. The quantitative estimate of drug-likeness (QED) is 0.179. The lowest BCUT2D eigenvalue weighted by Gasteiger charge is -2.13. The van der Waals surface area contributed by atoms with Gasteiger partial charge in [-0.05, 0) is 58.9 Å². The van der Waals surface area contributed by atoms with Crippen molar-refractivity contribution in [3.8, 4) is 22.5 Å². The van der Waals surface area contributed by atoms with E-state index in [4.69, 9.17) is 11.6 Å². The third kappa shape index (κ3) is 5.70. The summed E-state index contributed by atoms with van der Waals surface area (Å²) < 4.78 is 7.41. The molecule has 0 saturated heterocycles. The van der Waals surface area contributed by atoms with Gasteiger partial charge in [0, 0.05) is 17.1 Å². The van der Waals surface area contributed by atoms with Crippen LogP contribution in [0.25, 0.3) is 22.5 Å². The van der Waals surface area contributed by atoms with E-state index in [1.165, 1.54) is 31.9 Å². The smallest absolute Gasteiger partial charge is 0.290 e. The molecule has 6 rings (SSSR count). The average molecular weight is 618 g/mol. The fourth-order valence-electron chi connectivity index (χ4n) is 4.29. The summed E-state index contributed by atoms with van der Waals surface area (Å²) in [6, 6.07) is 23.4. The first-order valence-corrected chi connectivity index (χ1v) is 15.2. The summed E-state index contributed by atoms with van der Waals surface area (Å²) in [5.41, 5.74) is 1.57. The van der Waals surface area contributed by atoms with Gasteiger partial charge in [-0.1, -0.05) is 48.0 Å². The SMILES string of the molecule is O=C(Cn1c(-c2ccccc2)ccc(-c2cc(NCc3ccc(Cl)s3)n(C(=O)c3cccs3)n2)c1=O)c1ccns1. The topological polar surface area (TPSA) is 98.9 Å². The Kier molecular flexibility index (Phi) is 7.75. The van der Waals surface area contributed by atoms with E-state index in [2.05, 4.69) is 14.8 Å². The van der Waals surface area contributed by atoms with E-state index in [9.17, 15) is 14.4 Å². The first kappa shape index (κ1) is 27.0. The van der Waals surface area contributed by atoms with Crippen molar-refractivity contribution in [1.29, 1.82) is 0 Å². The van der Waals surface area contributed by atoms with Gasteiger partial charge in [-0.3, -0.25) is 19.0 Å². The standard InChI is InChI=1S/C29H20ClN5O3S3/c30-26-11-8-19(40-26)16-31-27-15-21(33-35(27)29(38)25-7-4-14-39-25)20-9-10-22(18-5-2-1-3-6-18)34(28(20)37)17-23(36)24-12-13-32-41-24/h1-15,31H,16-17H2. The number of carbonyl (C=O) groups is 2. The molecule has 1 aromatic carbocycles. The summed E-state index contributed by atoms with van der Waals surface area (Å²) in [6.45, 7) is 0.249. The van der Waals surface area contributed by atoms with Crippen molar-refractivity contribution in [2.45, 2.75) is 13.1 Å². The molecule has 204 valence electrons. The van der Waals surface area contributed by atoms with Crippen LogP contribution in [-0.4, -0.2) is 30.4 Å². The molecule has 0 unspecified atom stereocenters. The van der Waals surface area contributed by atoms with E-state index >= 15 is 0 Å². The number of aromatic nitrogens is 4. The second-order valence-electron chi connectivity index (χ2n) is 8.86. The Balaban J connectivity index is 1.43. The number of rotatable bonds is 9. The number of hydrogen-bond donors (Lipinski definition) is 1. The predicted octanol–water partition coefficient (Wildman–Crippen LogP) is 6.80. The normalized spacial score (nSPS) is 11.0. The number of nitrogens with zero attached hydrogens (tertiary/aromatic N) is 4. The molecule has 0 bridgehead atoms. The zero-order valence-electron chi connectivity index (χ0n) is 21.2. The first-order chi connectivity index (χ1) is 20.0. The summed E-state index contributed by atoms with van der Waals surface area (Å²) >= 11 is 9.92. The van der Waals surface area contributed by atoms with Crippen LogP contribution in [-0.2, 0) is 13.1 Å². The molecular formula is C29H20ClN5O3S3. The molecule has 5 heterocycles. The number of hydrogen-bond acceptors (Lipinski definition) is 9. The van der Waals surface area contributed by atoms with Crippen LogP contribution in [0.2, 0.25) is 4.34 Å². The minimum absolute atomic E-state index is 0.168. The van der Waals surface area contributed by atoms with Gasteiger partial charge in [0.1, 0.15) is 11.5 Å². The van der Waals surface area contributed by atoms with Crippen molar-refractivity contribution < 1.29 is 9.59 Å². The molecule has 41 heavy (non-hydrogen) atoms. The van der Waals surface area contributed by atoms with Gasteiger partial charge >= 0.3 is 0 Å². The molecule has 12 heteroatoms. The van der Waals surface area contributed by atoms with Crippen LogP contribution in [0.1, 0.15) is 24.2 Å². The molecule has 6 aromatic rings. The van der Waals surface area contributed by atoms with Crippen LogP contribution < -0.4 is 10.9 Å². The molecule has 0 spiro atoms. The lowest BCUT2D eigenvalue weighted by atomic mass is 10.1. The van der Waals surface area contributed by atoms with Crippen molar-refractivity contribution in [3.63, 3.8) is 0 Å². The van der Waals surface area contributed by atoms with Crippen molar-refractivity contribution in [2.24, 2.45) is 0 Å². The minimum Gasteiger partial charge on any atom is -0.365 e. The van der Waals surface area contributed by atoms with Crippen LogP contribution in [0.5, 0.6) is 0 Å². The van der Waals surface area contributed by atoms with Crippen molar-refractivity contribution in [2.75, 3.05) is 5.32 Å². The molecule has 0 atom stereocenters. The summed E-state index contributed by atoms with van der Waals surface area (Å²) in [4.78, 5) is 42.4. The Hall–Kier alpha value is -4.16. The minimum atomic E-state index is -0.394. The molecule has 0 aliphatic carbocycles. The second-order valence-corrected chi connectivity index (χ2v) is 12.4. The molecule has 0 aliphatic rings. The number of anilines is 1. The highest BCUT2D eigenvalue weighted by Crippen LogP contribution is 2.27. The van der Waals surface area contributed by atoms with Gasteiger partial charge in [-0.25, -0.2) is 4.37 Å².